The van der Waals surface area contributed by atoms with Crippen LogP contribution in [0.4, 0.5) is 23.9 Å². The maximum Gasteiger partial charge on any atom is 0.416 e. The molecule has 12 heteroatoms. The van der Waals surface area contributed by atoms with Crippen LogP contribution in [0.15, 0.2) is 53.3 Å². The number of carbonyl (C=O) groups is 1. The molecule has 3 aromatic rings. The first-order chi connectivity index (χ1) is 19.1. The zero-order valence-electron chi connectivity index (χ0n) is 21.7. The first-order valence-corrected chi connectivity index (χ1v) is 14.1. The lowest BCUT2D eigenvalue weighted by atomic mass is 9.85. The van der Waals surface area contributed by atoms with Crippen molar-refractivity contribution in [1.29, 1.82) is 0 Å². The van der Waals surface area contributed by atoms with Crippen LogP contribution in [0.1, 0.15) is 41.6 Å². The lowest BCUT2D eigenvalue weighted by Gasteiger charge is -2.38. The quantitative estimate of drug-likeness (QED) is 0.317. The number of fused-ring (bicyclic) bond motifs is 1. The average molecular weight is 575 g/mol. The number of anilines is 1. The van der Waals surface area contributed by atoms with Crippen LogP contribution >= 0.6 is 11.3 Å². The summed E-state index contributed by atoms with van der Waals surface area (Å²) in [6.07, 6.45) is -0.877. The van der Waals surface area contributed by atoms with E-state index in [4.69, 9.17) is 0 Å². The Hall–Kier alpha value is -3.51. The number of rotatable bonds is 6. The van der Waals surface area contributed by atoms with Crippen LogP contribution in [0.25, 0.3) is 10.1 Å². The number of nitro groups is 1. The van der Waals surface area contributed by atoms with Gasteiger partial charge in [-0.3, -0.25) is 24.6 Å². The second-order valence-corrected chi connectivity index (χ2v) is 11.5. The molecule has 1 N–H and O–H groups in total. The Kier molecular flexibility index (Phi) is 8.09. The lowest BCUT2D eigenvalue weighted by Crippen LogP contribution is -2.48. The van der Waals surface area contributed by atoms with Crippen LogP contribution in [0, 0.1) is 16.0 Å². The van der Waals surface area contributed by atoms with Crippen molar-refractivity contribution in [3.8, 4) is 0 Å². The van der Waals surface area contributed by atoms with Crippen molar-refractivity contribution in [2.24, 2.45) is 5.92 Å². The summed E-state index contributed by atoms with van der Waals surface area (Å²) in [5.74, 6) is 0.487. The van der Waals surface area contributed by atoms with Crippen molar-refractivity contribution in [3.63, 3.8) is 0 Å². The van der Waals surface area contributed by atoms with Gasteiger partial charge in [-0.05, 0) is 49.8 Å². The second-order valence-electron chi connectivity index (χ2n) is 10.4. The standard InChI is InChI=1S/C28H29F3N4O4S/c29-28(30,31)20-14-22-24(36)16-25(40-26(22)23(15-20)35(38)39)34-12-10-33(11-13-34)17-18-6-8-21(9-7-18)32-27(37)19-4-2-1-3-5-19/h1-5,14-16,18,21H,6-13,17H2,(H,32,37). The highest BCUT2D eigenvalue weighted by molar-refractivity contribution is 7.22. The van der Waals surface area contributed by atoms with Gasteiger partial charge in [-0.25, -0.2) is 0 Å². The van der Waals surface area contributed by atoms with Gasteiger partial charge >= 0.3 is 6.18 Å². The van der Waals surface area contributed by atoms with Crippen LogP contribution < -0.4 is 15.6 Å². The molecule has 1 amide bonds. The highest BCUT2D eigenvalue weighted by Crippen LogP contribution is 2.39. The fraction of sp³-hybridized carbons (Fsp3) is 0.429. The Morgan fingerprint density at radius 3 is 2.33 bits per heavy atom. The second kappa shape index (κ2) is 11.5. The number of amides is 1. The van der Waals surface area contributed by atoms with Crippen LogP contribution in [0.2, 0.25) is 0 Å². The third-order valence-corrected chi connectivity index (χ3v) is 8.96. The van der Waals surface area contributed by atoms with Crippen molar-refractivity contribution in [2.45, 2.75) is 37.9 Å². The van der Waals surface area contributed by atoms with Gasteiger partial charge < -0.3 is 10.2 Å². The summed E-state index contributed by atoms with van der Waals surface area (Å²) >= 11 is 0.986. The summed E-state index contributed by atoms with van der Waals surface area (Å²) in [6, 6.07) is 11.9. The molecule has 2 aliphatic rings. The predicted molar refractivity (Wildman–Crippen MR) is 148 cm³/mol. The Bertz CT molecular complexity index is 1450. The number of hydrogen-bond donors (Lipinski definition) is 1. The van der Waals surface area contributed by atoms with Crippen molar-refractivity contribution >= 4 is 38.0 Å². The number of hydrogen-bond acceptors (Lipinski definition) is 7. The van der Waals surface area contributed by atoms with Gasteiger partial charge in [-0.1, -0.05) is 18.2 Å². The molecular formula is C28H29F3N4O4S. The molecular weight excluding hydrogens is 545 g/mol. The van der Waals surface area contributed by atoms with Gasteiger partial charge in [0, 0.05) is 61.8 Å². The molecule has 5 rings (SSSR count). The normalized spacial score (nSPS) is 20.4. The van der Waals surface area contributed by atoms with Gasteiger partial charge in [-0.2, -0.15) is 13.2 Å². The first-order valence-electron chi connectivity index (χ1n) is 13.2. The van der Waals surface area contributed by atoms with Crippen molar-refractivity contribution < 1.29 is 22.9 Å². The number of carbonyl (C=O) groups excluding carboxylic acids is 1. The molecule has 0 atom stereocenters. The predicted octanol–water partition coefficient (Wildman–Crippen LogP) is 5.30. The minimum atomic E-state index is -4.79. The highest BCUT2D eigenvalue weighted by Gasteiger charge is 2.34. The molecule has 2 aromatic carbocycles. The van der Waals surface area contributed by atoms with E-state index in [1.807, 2.05) is 35.2 Å². The van der Waals surface area contributed by atoms with E-state index in [1.54, 1.807) is 0 Å². The van der Waals surface area contributed by atoms with Crippen molar-refractivity contribution in [3.05, 3.63) is 80.0 Å². The van der Waals surface area contributed by atoms with E-state index in [0.717, 1.165) is 56.7 Å². The minimum Gasteiger partial charge on any atom is -0.361 e. The summed E-state index contributed by atoms with van der Waals surface area (Å²) in [7, 11) is 0. The summed E-state index contributed by atoms with van der Waals surface area (Å²) < 4.78 is 39.7. The van der Waals surface area contributed by atoms with E-state index >= 15 is 0 Å². The zero-order valence-corrected chi connectivity index (χ0v) is 22.5. The van der Waals surface area contributed by atoms with Crippen molar-refractivity contribution in [2.75, 3.05) is 37.6 Å². The molecule has 2 fully saturated rings. The number of nitro benzene ring substituents is 1. The van der Waals surface area contributed by atoms with Crippen LogP contribution in [0.5, 0.6) is 0 Å². The molecule has 0 bridgehead atoms. The maximum atomic E-state index is 13.2. The SMILES string of the molecule is O=C(NC1CCC(CN2CCN(c3cc(=O)c4cc(C(F)(F)F)cc([N+](=O)[O-])c4s3)CC2)CC1)c1ccccc1. The van der Waals surface area contributed by atoms with E-state index in [9.17, 15) is 32.9 Å². The maximum absolute atomic E-state index is 13.2. The van der Waals surface area contributed by atoms with Crippen LogP contribution in [-0.2, 0) is 6.18 Å². The largest absolute Gasteiger partial charge is 0.416 e. The van der Waals surface area contributed by atoms with Crippen molar-refractivity contribution in [1.82, 2.24) is 10.2 Å². The van der Waals surface area contributed by atoms with E-state index in [0.29, 0.717) is 41.7 Å². The highest BCUT2D eigenvalue weighted by atomic mass is 32.1. The molecule has 40 heavy (non-hydrogen) atoms. The number of halogens is 3. The summed E-state index contributed by atoms with van der Waals surface area (Å²) in [4.78, 5) is 40.2. The van der Waals surface area contributed by atoms with E-state index < -0.39 is 27.8 Å². The van der Waals surface area contributed by atoms with Crippen LogP contribution in [-0.4, -0.2) is 54.5 Å². The molecule has 1 aliphatic carbocycles. The summed E-state index contributed by atoms with van der Waals surface area (Å²) in [5, 5.41) is 14.9. The lowest BCUT2D eigenvalue weighted by molar-refractivity contribution is -0.383. The molecule has 1 aliphatic heterocycles. The van der Waals surface area contributed by atoms with Gasteiger partial charge in [0.15, 0.2) is 5.43 Å². The molecule has 0 spiro atoms. The molecule has 8 nitrogen and oxygen atoms in total. The van der Waals surface area contributed by atoms with Gasteiger partial charge in [0.05, 0.1) is 15.5 Å². The van der Waals surface area contributed by atoms with E-state index in [-0.39, 0.29) is 22.0 Å². The van der Waals surface area contributed by atoms with E-state index in [1.165, 1.54) is 6.07 Å². The summed E-state index contributed by atoms with van der Waals surface area (Å²) in [6.45, 7) is 3.65. The van der Waals surface area contributed by atoms with Gasteiger partial charge in [0.2, 0.25) is 0 Å². The molecule has 0 unspecified atom stereocenters. The van der Waals surface area contributed by atoms with Gasteiger partial charge in [0.1, 0.15) is 4.70 Å². The van der Waals surface area contributed by atoms with E-state index in [2.05, 4.69) is 10.2 Å². The molecule has 1 saturated carbocycles. The third kappa shape index (κ3) is 6.28. The molecule has 2 heterocycles. The number of non-ortho nitro benzene ring substituents is 1. The van der Waals surface area contributed by atoms with Crippen LogP contribution in [0.3, 0.4) is 0 Å². The monoisotopic (exact) mass is 574 g/mol. The number of nitrogens with one attached hydrogen (secondary N) is 1. The summed E-state index contributed by atoms with van der Waals surface area (Å²) in [5.41, 5.74) is -1.90. The smallest absolute Gasteiger partial charge is 0.361 e. The number of nitrogens with zero attached hydrogens (tertiary/aromatic N) is 3. The minimum absolute atomic E-state index is 0.0395. The van der Waals surface area contributed by atoms with Gasteiger partial charge in [-0.15, -0.1) is 11.3 Å². The number of piperazine rings is 1. The first kappa shape index (κ1) is 28.0. The Morgan fingerprint density at radius 1 is 1.02 bits per heavy atom. The number of alkyl halides is 3. The third-order valence-electron chi connectivity index (χ3n) is 7.74. The molecule has 1 saturated heterocycles. The molecule has 0 radical (unpaired) electrons. The number of benzene rings is 2. The fourth-order valence-electron chi connectivity index (χ4n) is 5.55. The average Bonchev–Trinajstić information content (AvgIpc) is 2.94. The molecule has 212 valence electrons. The Labute approximate surface area is 232 Å². The fourth-order valence-corrected chi connectivity index (χ4v) is 6.74. The Morgan fingerprint density at radius 2 is 1.70 bits per heavy atom. The topological polar surface area (TPSA) is 95.8 Å². The molecule has 1 aromatic heterocycles. The van der Waals surface area contributed by atoms with Gasteiger partial charge in [0.25, 0.3) is 11.6 Å². The zero-order chi connectivity index (χ0) is 28.4. The Balaban J connectivity index is 1.17.